The number of likely N-dealkylation sites (N-methyl/N-ethyl adjacent to an activating group) is 1. The topological polar surface area (TPSA) is 12.0 Å². The van der Waals surface area contributed by atoms with Crippen LogP contribution in [0.5, 0.6) is 0 Å². The maximum atomic E-state index is 13.8. The zero-order chi connectivity index (χ0) is 13.8. The van der Waals surface area contributed by atoms with Crippen molar-refractivity contribution in [3.63, 3.8) is 0 Å². The Hall–Kier alpha value is -0.0600. The summed E-state index contributed by atoms with van der Waals surface area (Å²) in [4.78, 5) is 0. The summed E-state index contributed by atoms with van der Waals surface area (Å²) in [6.07, 6.45) is 0.721. The average Bonchev–Trinajstić information content (AvgIpc) is 2.25. The van der Waals surface area contributed by atoms with Gasteiger partial charge in [0.05, 0.1) is 0 Å². The van der Waals surface area contributed by atoms with E-state index in [0.717, 1.165) is 22.2 Å². The molecule has 0 bridgehead atoms. The van der Waals surface area contributed by atoms with Crippen molar-refractivity contribution >= 4 is 27.7 Å². The Labute approximate surface area is 122 Å². The van der Waals surface area contributed by atoms with Gasteiger partial charge in [-0.25, -0.2) is 4.39 Å². The molecule has 0 aliphatic heterocycles. The normalized spacial score (nSPS) is 13.7. The van der Waals surface area contributed by atoms with E-state index in [2.05, 4.69) is 42.0 Å². The van der Waals surface area contributed by atoms with Gasteiger partial charge in [-0.3, -0.25) is 0 Å². The van der Waals surface area contributed by atoms with Crippen molar-refractivity contribution in [1.29, 1.82) is 0 Å². The van der Waals surface area contributed by atoms with Gasteiger partial charge in [-0.2, -0.15) is 11.8 Å². The quantitative estimate of drug-likeness (QED) is 0.864. The lowest BCUT2D eigenvalue weighted by Crippen LogP contribution is -2.32. The highest BCUT2D eigenvalue weighted by atomic mass is 79.9. The van der Waals surface area contributed by atoms with Gasteiger partial charge in [-0.1, -0.05) is 42.8 Å². The van der Waals surface area contributed by atoms with E-state index in [9.17, 15) is 4.39 Å². The van der Waals surface area contributed by atoms with Crippen molar-refractivity contribution in [1.82, 2.24) is 5.32 Å². The van der Waals surface area contributed by atoms with E-state index in [4.69, 9.17) is 0 Å². The first-order valence-electron chi connectivity index (χ1n) is 6.07. The van der Waals surface area contributed by atoms with Gasteiger partial charge in [0.1, 0.15) is 5.82 Å². The van der Waals surface area contributed by atoms with Gasteiger partial charge in [0.2, 0.25) is 0 Å². The van der Waals surface area contributed by atoms with Crippen molar-refractivity contribution < 1.29 is 4.39 Å². The molecule has 18 heavy (non-hydrogen) atoms. The Bertz CT molecular complexity index is 390. The molecule has 0 radical (unpaired) electrons. The second-order valence-corrected chi connectivity index (χ2v) is 8.11. The van der Waals surface area contributed by atoms with Gasteiger partial charge >= 0.3 is 0 Å². The lowest BCUT2D eigenvalue weighted by Gasteiger charge is -2.23. The van der Waals surface area contributed by atoms with E-state index in [1.54, 1.807) is 0 Å². The van der Waals surface area contributed by atoms with Crippen molar-refractivity contribution in [2.24, 2.45) is 0 Å². The first-order chi connectivity index (χ1) is 8.31. The molecule has 0 aliphatic rings. The largest absolute Gasteiger partial charge is 0.316 e. The third-order valence-electron chi connectivity index (χ3n) is 2.61. The Morgan fingerprint density at radius 3 is 2.56 bits per heavy atom. The van der Waals surface area contributed by atoms with Gasteiger partial charge in [0, 0.05) is 21.0 Å². The molecule has 0 aliphatic carbocycles. The highest BCUT2D eigenvalue weighted by molar-refractivity contribution is 9.10. The van der Waals surface area contributed by atoms with Crippen LogP contribution < -0.4 is 5.32 Å². The van der Waals surface area contributed by atoms with Gasteiger partial charge in [0.15, 0.2) is 0 Å². The van der Waals surface area contributed by atoms with Crippen LogP contribution in [0.2, 0.25) is 0 Å². The summed E-state index contributed by atoms with van der Waals surface area (Å²) < 4.78 is 14.8. The molecule has 1 rings (SSSR count). The Kier molecular flexibility index (Phi) is 6.15. The predicted octanol–water partition coefficient (Wildman–Crippen LogP) is 4.25. The van der Waals surface area contributed by atoms with Crippen LogP contribution in [-0.2, 0) is 6.42 Å². The average molecular weight is 334 g/mol. The summed E-state index contributed by atoms with van der Waals surface area (Å²) in [7, 11) is 1.94. The molecule has 1 aromatic rings. The third-order valence-corrected chi connectivity index (χ3v) is 4.54. The lowest BCUT2D eigenvalue weighted by molar-refractivity contribution is 0.566. The van der Waals surface area contributed by atoms with Crippen LogP contribution in [0.1, 0.15) is 26.3 Å². The lowest BCUT2D eigenvalue weighted by atomic mass is 10.1. The van der Waals surface area contributed by atoms with Crippen molar-refractivity contribution in [3.05, 3.63) is 34.1 Å². The Morgan fingerprint density at radius 1 is 1.39 bits per heavy atom. The second-order valence-electron chi connectivity index (χ2n) is 5.35. The molecule has 0 saturated heterocycles. The maximum absolute atomic E-state index is 13.8. The Balaban J connectivity index is 2.62. The summed E-state index contributed by atoms with van der Waals surface area (Å²) in [5, 5.41) is 3.27. The first-order valence-corrected chi connectivity index (χ1v) is 7.85. The van der Waals surface area contributed by atoms with Crippen molar-refractivity contribution in [2.75, 3.05) is 12.8 Å². The van der Waals surface area contributed by atoms with Crippen LogP contribution in [-0.4, -0.2) is 23.6 Å². The maximum Gasteiger partial charge on any atom is 0.127 e. The minimum atomic E-state index is -0.134. The van der Waals surface area contributed by atoms with Crippen molar-refractivity contribution in [2.45, 2.75) is 38.0 Å². The van der Waals surface area contributed by atoms with Crippen LogP contribution in [0.4, 0.5) is 4.39 Å². The first kappa shape index (κ1) is 16.0. The van der Waals surface area contributed by atoms with Crippen LogP contribution in [0.15, 0.2) is 22.7 Å². The van der Waals surface area contributed by atoms with E-state index in [0.29, 0.717) is 6.04 Å². The molecule has 0 heterocycles. The van der Waals surface area contributed by atoms with Gasteiger partial charge in [0.25, 0.3) is 0 Å². The van der Waals surface area contributed by atoms with E-state index in [1.807, 2.05) is 30.9 Å². The zero-order valence-electron chi connectivity index (χ0n) is 11.4. The predicted molar refractivity (Wildman–Crippen MR) is 82.9 cm³/mol. The van der Waals surface area contributed by atoms with Crippen LogP contribution in [0.25, 0.3) is 0 Å². The number of benzene rings is 1. The monoisotopic (exact) mass is 333 g/mol. The molecule has 0 spiro atoms. The summed E-state index contributed by atoms with van der Waals surface area (Å²) in [6.45, 7) is 6.60. The molecule has 1 nitrogen and oxygen atoms in total. The molecule has 0 aromatic heterocycles. The molecule has 1 aromatic carbocycles. The molecule has 0 fully saturated rings. The van der Waals surface area contributed by atoms with Crippen molar-refractivity contribution in [3.8, 4) is 0 Å². The van der Waals surface area contributed by atoms with E-state index < -0.39 is 0 Å². The SMILES string of the molecule is CNC(CSC(C)(C)C)Cc1ccc(Br)cc1F. The van der Waals surface area contributed by atoms with E-state index in [-0.39, 0.29) is 10.6 Å². The fourth-order valence-electron chi connectivity index (χ4n) is 1.55. The number of nitrogens with one attached hydrogen (secondary N) is 1. The zero-order valence-corrected chi connectivity index (χ0v) is 13.8. The van der Waals surface area contributed by atoms with Gasteiger partial charge < -0.3 is 5.32 Å². The molecule has 0 saturated carbocycles. The van der Waals surface area contributed by atoms with Crippen LogP contribution >= 0.6 is 27.7 Å². The molecule has 0 amide bonds. The second kappa shape index (κ2) is 6.92. The summed E-state index contributed by atoms with van der Waals surface area (Å²) in [6, 6.07) is 5.57. The fraction of sp³-hybridized carbons (Fsp3) is 0.571. The minimum Gasteiger partial charge on any atom is -0.316 e. The minimum absolute atomic E-state index is 0.134. The standard InChI is InChI=1S/C14H21BrFNS/c1-14(2,3)18-9-12(17-4)7-10-5-6-11(15)8-13(10)16/h5-6,8,12,17H,7,9H2,1-4H3. The summed E-state index contributed by atoms with van der Waals surface area (Å²) >= 11 is 5.18. The van der Waals surface area contributed by atoms with E-state index in [1.165, 1.54) is 6.07 Å². The summed E-state index contributed by atoms with van der Waals surface area (Å²) in [5.41, 5.74) is 0.770. The molecule has 4 heteroatoms. The Morgan fingerprint density at radius 2 is 2.06 bits per heavy atom. The van der Waals surface area contributed by atoms with Gasteiger partial charge in [-0.05, 0) is 31.2 Å². The molecular weight excluding hydrogens is 313 g/mol. The molecular formula is C14H21BrFNS. The number of rotatable bonds is 5. The molecule has 1 unspecified atom stereocenters. The number of thioether (sulfide) groups is 1. The molecule has 1 N–H and O–H groups in total. The molecule has 102 valence electrons. The third kappa shape index (κ3) is 5.72. The van der Waals surface area contributed by atoms with Crippen LogP contribution in [0.3, 0.4) is 0 Å². The number of hydrogen-bond acceptors (Lipinski definition) is 2. The highest BCUT2D eigenvalue weighted by Crippen LogP contribution is 2.25. The number of hydrogen-bond donors (Lipinski definition) is 1. The fourth-order valence-corrected chi connectivity index (χ4v) is 2.87. The number of halogens is 2. The highest BCUT2D eigenvalue weighted by Gasteiger charge is 2.16. The van der Waals surface area contributed by atoms with Gasteiger partial charge in [-0.15, -0.1) is 0 Å². The van der Waals surface area contributed by atoms with E-state index >= 15 is 0 Å². The smallest absolute Gasteiger partial charge is 0.127 e. The molecule has 1 atom stereocenters. The summed E-state index contributed by atoms with van der Waals surface area (Å²) in [5.74, 6) is 0.848. The van der Waals surface area contributed by atoms with Crippen LogP contribution in [0, 0.1) is 5.82 Å².